The lowest BCUT2D eigenvalue weighted by molar-refractivity contribution is -0.114. The summed E-state index contributed by atoms with van der Waals surface area (Å²) in [6.07, 6.45) is 1.57. The second-order valence-electron chi connectivity index (χ2n) is 3.15. The molecule has 5 nitrogen and oxygen atoms in total. The van der Waals surface area contributed by atoms with E-state index in [9.17, 15) is 4.79 Å². The van der Waals surface area contributed by atoms with Gasteiger partial charge in [-0.15, -0.1) is 0 Å². The van der Waals surface area contributed by atoms with Crippen molar-refractivity contribution in [2.45, 2.75) is 6.92 Å². The molecule has 90 valence electrons. The Balaban J connectivity index is 2.78. The van der Waals surface area contributed by atoms with Crippen LogP contribution in [0.1, 0.15) is 12.5 Å². The largest absolute Gasteiger partial charge is 0.375 e. The van der Waals surface area contributed by atoms with E-state index in [1.54, 1.807) is 18.3 Å². The van der Waals surface area contributed by atoms with Gasteiger partial charge in [-0.3, -0.25) is 10.2 Å². The summed E-state index contributed by atoms with van der Waals surface area (Å²) in [5.41, 5.74) is 9.22. The topological polar surface area (TPSA) is 79.5 Å². The molecule has 4 N–H and O–H groups in total. The highest BCUT2D eigenvalue weighted by molar-refractivity contribution is 9.10. The lowest BCUT2D eigenvalue weighted by Crippen LogP contribution is -2.23. The maximum atomic E-state index is 10.9. The average molecular weight is 315 g/mol. The molecule has 0 aliphatic heterocycles. The molecule has 0 aliphatic rings. The Labute approximate surface area is 113 Å². The van der Waals surface area contributed by atoms with Crippen LogP contribution in [-0.4, -0.2) is 17.2 Å². The first-order valence-corrected chi connectivity index (χ1v) is 5.85. The first-order valence-electron chi connectivity index (χ1n) is 4.64. The molecular formula is C10H11BrN4OS. The Morgan fingerprint density at radius 1 is 1.59 bits per heavy atom. The van der Waals surface area contributed by atoms with Crippen molar-refractivity contribution in [2.24, 2.45) is 10.8 Å². The van der Waals surface area contributed by atoms with Crippen molar-refractivity contribution in [2.75, 3.05) is 5.32 Å². The van der Waals surface area contributed by atoms with Crippen molar-refractivity contribution in [1.82, 2.24) is 5.43 Å². The third-order valence-electron chi connectivity index (χ3n) is 1.69. The summed E-state index contributed by atoms with van der Waals surface area (Å²) in [7, 11) is 0. The van der Waals surface area contributed by atoms with E-state index in [2.05, 4.69) is 44.0 Å². The predicted octanol–water partition coefficient (Wildman–Crippen LogP) is 1.57. The molecule has 0 heterocycles. The Morgan fingerprint density at radius 2 is 2.29 bits per heavy atom. The van der Waals surface area contributed by atoms with Crippen molar-refractivity contribution in [3.05, 3.63) is 28.2 Å². The standard InChI is InChI=1S/C10H11BrN4OS/c1-6(16)14-9-3-2-7(4-8(9)11)5-13-15-10(12)17/h2-5H,1H3,(H,14,16)(H3,12,15,17)/b13-5+. The van der Waals surface area contributed by atoms with Crippen molar-refractivity contribution in [3.8, 4) is 0 Å². The zero-order valence-corrected chi connectivity index (χ0v) is 11.4. The maximum absolute atomic E-state index is 10.9. The number of anilines is 1. The number of thiocarbonyl (C=S) groups is 1. The highest BCUT2D eigenvalue weighted by Crippen LogP contribution is 2.22. The molecule has 0 aliphatic carbocycles. The third-order valence-corrected chi connectivity index (χ3v) is 2.44. The summed E-state index contributed by atoms with van der Waals surface area (Å²) in [5, 5.41) is 6.62. The van der Waals surface area contributed by atoms with Gasteiger partial charge in [0, 0.05) is 11.4 Å². The van der Waals surface area contributed by atoms with Crippen LogP contribution in [0.15, 0.2) is 27.8 Å². The highest BCUT2D eigenvalue weighted by Gasteiger charge is 2.01. The van der Waals surface area contributed by atoms with Gasteiger partial charge >= 0.3 is 0 Å². The molecular weight excluding hydrogens is 304 g/mol. The molecule has 1 aromatic carbocycles. The van der Waals surface area contributed by atoms with Crippen LogP contribution in [0.25, 0.3) is 0 Å². The number of halogens is 1. The fourth-order valence-electron chi connectivity index (χ4n) is 1.07. The van der Waals surface area contributed by atoms with Crippen molar-refractivity contribution in [3.63, 3.8) is 0 Å². The van der Waals surface area contributed by atoms with E-state index in [-0.39, 0.29) is 11.0 Å². The minimum Gasteiger partial charge on any atom is -0.375 e. The smallest absolute Gasteiger partial charge is 0.221 e. The van der Waals surface area contributed by atoms with Gasteiger partial charge in [-0.05, 0) is 45.8 Å². The van der Waals surface area contributed by atoms with Gasteiger partial charge in [0.25, 0.3) is 0 Å². The molecule has 1 rings (SSSR count). The molecule has 0 saturated heterocycles. The predicted molar refractivity (Wildman–Crippen MR) is 76.0 cm³/mol. The van der Waals surface area contributed by atoms with Gasteiger partial charge in [-0.1, -0.05) is 6.07 Å². The van der Waals surface area contributed by atoms with Crippen LogP contribution in [-0.2, 0) is 4.79 Å². The summed E-state index contributed by atoms with van der Waals surface area (Å²) < 4.78 is 0.770. The summed E-state index contributed by atoms with van der Waals surface area (Å²) >= 11 is 7.95. The Bertz CT molecular complexity index is 475. The number of hydrogen-bond donors (Lipinski definition) is 3. The number of carbonyl (C=O) groups excluding carboxylic acids is 1. The SMILES string of the molecule is CC(=O)Nc1ccc(/C=N/NC(N)=S)cc1Br. The number of hydrogen-bond acceptors (Lipinski definition) is 3. The van der Waals surface area contributed by atoms with Gasteiger partial charge in [-0.25, -0.2) is 0 Å². The average Bonchev–Trinajstić information content (AvgIpc) is 2.21. The molecule has 0 saturated carbocycles. The summed E-state index contributed by atoms with van der Waals surface area (Å²) in [6, 6.07) is 5.39. The number of hydrazone groups is 1. The van der Waals surface area contributed by atoms with E-state index in [4.69, 9.17) is 5.73 Å². The monoisotopic (exact) mass is 314 g/mol. The minimum atomic E-state index is -0.123. The Morgan fingerprint density at radius 3 is 2.82 bits per heavy atom. The molecule has 0 bridgehead atoms. The van der Waals surface area contributed by atoms with Crippen LogP contribution in [0.5, 0.6) is 0 Å². The lowest BCUT2D eigenvalue weighted by Gasteiger charge is -2.05. The number of rotatable bonds is 3. The van der Waals surface area contributed by atoms with Crippen LogP contribution in [0.3, 0.4) is 0 Å². The molecule has 17 heavy (non-hydrogen) atoms. The van der Waals surface area contributed by atoms with Crippen LogP contribution in [0, 0.1) is 0 Å². The number of nitrogens with two attached hydrogens (primary N) is 1. The minimum absolute atomic E-state index is 0.107. The normalized spacial score (nSPS) is 10.2. The summed E-state index contributed by atoms with van der Waals surface area (Å²) in [5.74, 6) is -0.123. The fraction of sp³-hybridized carbons (Fsp3) is 0.100. The first-order chi connectivity index (χ1) is 7.99. The molecule has 1 aromatic rings. The molecule has 0 atom stereocenters. The second-order valence-corrected chi connectivity index (χ2v) is 4.45. The van der Waals surface area contributed by atoms with Gasteiger partial charge < -0.3 is 11.1 Å². The summed E-state index contributed by atoms with van der Waals surface area (Å²) in [6.45, 7) is 1.45. The van der Waals surface area contributed by atoms with E-state index in [0.29, 0.717) is 5.69 Å². The van der Waals surface area contributed by atoms with Crippen LogP contribution < -0.4 is 16.5 Å². The third kappa shape index (κ3) is 4.92. The van der Waals surface area contributed by atoms with Crippen molar-refractivity contribution < 1.29 is 4.79 Å². The van der Waals surface area contributed by atoms with E-state index in [0.717, 1.165) is 10.0 Å². The van der Waals surface area contributed by atoms with Gasteiger partial charge in [0.2, 0.25) is 5.91 Å². The Kier molecular flexibility index (Phi) is 5.05. The molecule has 0 unspecified atom stereocenters. The fourth-order valence-corrected chi connectivity index (χ4v) is 1.62. The molecule has 0 aromatic heterocycles. The quantitative estimate of drug-likeness (QED) is 0.449. The molecule has 0 spiro atoms. The summed E-state index contributed by atoms with van der Waals surface area (Å²) in [4.78, 5) is 10.9. The van der Waals surface area contributed by atoms with Gasteiger partial charge in [-0.2, -0.15) is 5.10 Å². The highest BCUT2D eigenvalue weighted by atomic mass is 79.9. The van der Waals surface area contributed by atoms with E-state index < -0.39 is 0 Å². The van der Waals surface area contributed by atoms with Crippen molar-refractivity contribution >= 4 is 51.1 Å². The number of benzene rings is 1. The van der Waals surface area contributed by atoms with Gasteiger partial charge in [0.05, 0.1) is 11.9 Å². The second kappa shape index (κ2) is 6.31. The number of carbonyl (C=O) groups is 1. The van der Waals surface area contributed by atoms with Crippen LogP contribution >= 0.6 is 28.1 Å². The first kappa shape index (κ1) is 13.6. The maximum Gasteiger partial charge on any atom is 0.221 e. The molecule has 1 amide bonds. The van der Waals surface area contributed by atoms with E-state index in [1.807, 2.05) is 6.07 Å². The zero-order valence-electron chi connectivity index (χ0n) is 9.03. The number of amides is 1. The van der Waals surface area contributed by atoms with Crippen molar-refractivity contribution in [1.29, 1.82) is 0 Å². The van der Waals surface area contributed by atoms with Crippen LogP contribution in [0.4, 0.5) is 5.69 Å². The number of nitrogens with one attached hydrogen (secondary N) is 2. The molecule has 0 fully saturated rings. The van der Waals surface area contributed by atoms with Crippen LogP contribution in [0.2, 0.25) is 0 Å². The lowest BCUT2D eigenvalue weighted by atomic mass is 10.2. The van der Waals surface area contributed by atoms with E-state index in [1.165, 1.54) is 6.92 Å². The number of nitrogens with zero attached hydrogens (tertiary/aromatic N) is 1. The van der Waals surface area contributed by atoms with E-state index >= 15 is 0 Å². The molecule has 0 radical (unpaired) electrons. The van der Waals surface area contributed by atoms with Gasteiger partial charge in [0.15, 0.2) is 5.11 Å². The molecule has 7 heteroatoms. The Hall–Kier alpha value is -1.47. The zero-order chi connectivity index (χ0) is 12.8. The van der Waals surface area contributed by atoms with Gasteiger partial charge in [0.1, 0.15) is 0 Å².